The number of sulfonamides is 1. The lowest BCUT2D eigenvalue weighted by Gasteiger charge is -2.20. The molecule has 33 heavy (non-hydrogen) atoms. The van der Waals surface area contributed by atoms with Gasteiger partial charge in [-0.15, -0.1) is 0 Å². The van der Waals surface area contributed by atoms with Crippen LogP contribution in [0, 0.1) is 13.8 Å². The van der Waals surface area contributed by atoms with Gasteiger partial charge in [-0.05, 0) is 66.9 Å². The SMILES string of the molecule is Cc1cc2nc(N(Cc3ccccc3)C(=O)c3ccc(S(=O)(=O)N(C)C)cc3)sc2cc1C. The number of hydrogen-bond acceptors (Lipinski definition) is 5. The molecule has 0 saturated heterocycles. The van der Waals surface area contributed by atoms with Crippen molar-refractivity contribution >= 4 is 42.6 Å². The standard InChI is InChI=1S/C25H25N3O3S2/c1-17-14-22-23(15-18(17)2)32-25(26-22)28(16-19-8-6-5-7-9-19)24(29)20-10-12-21(13-11-20)33(30,31)27(3)4/h5-15H,16H2,1-4H3. The lowest BCUT2D eigenvalue weighted by molar-refractivity contribution is 0.0985. The van der Waals surface area contributed by atoms with Crippen LogP contribution < -0.4 is 4.90 Å². The van der Waals surface area contributed by atoms with Crippen LogP contribution in [0.3, 0.4) is 0 Å². The van der Waals surface area contributed by atoms with E-state index in [2.05, 4.69) is 13.0 Å². The Morgan fingerprint density at radius 2 is 1.58 bits per heavy atom. The normalized spacial score (nSPS) is 11.8. The van der Waals surface area contributed by atoms with Crippen molar-refractivity contribution in [2.75, 3.05) is 19.0 Å². The predicted molar refractivity (Wildman–Crippen MR) is 133 cm³/mol. The minimum Gasteiger partial charge on any atom is -0.279 e. The molecule has 1 aromatic heterocycles. The van der Waals surface area contributed by atoms with Crippen LogP contribution in [0.1, 0.15) is 27.0 Å². The van der Waals surface area contributed by atoms with Crippen LogP contribution in [0.4, 0.5) is 5.13 Å². The zero-order valence-electron chi connectivity index (χ0n) is 18.9. The third-order valence-corrected chi connectivity index (χ3v) is 8.40. The van der Waals surface area contributed by atoms with Crippen LogP contribution in [-0.2, 0) is 16.6 Å². The number of carbonyl (C=O) groups is 1. The summed E-state index contributed by atoms with van der Waals surface area (Å²) in [5.41, 5.74) is 4.56. The maximum Gasteiger partial charge on any atom is 0.260 e. The monoisotopic (exact) mass is 479 g/mol. The highest BCUT2D eigenvalue weighted by molar-refractivity contribution is 7.89. The number of carbonyl (C=O) groups excluding carboxylic acids is 1. The Balaban J connectivity index is 1.74. The number of fused-ring (bicyclic) bond motifs is 1. The minimum atomic E-state index is -3.57. The molecule has 4 rings (SSSR count). The van der Waals surface area contributed by atoms with Crippen molar-refractivity contribution in [3.05, 3.63) is 89.0 Å². The van der Waals surface area contributed by atoms with Gasteiger partial charge in [0.05, 0.1) is 21.7 Å². The number of aryl methyl sites for hydroxylation is 2. The Bertz CT molecular complexity index is 1370. The molecule has 0 N–H and O–H groups in total. The molecule has 0 bridgehead atoms. The van der Waals surface area contributed by atoms with Crippen LogP contribution in [0.25, 0.3) is 10.2 Å². The number of anilines is 1. The van der Waals surface area contributed by atoms with Crippen LogP contribution in [-0.4, -0.2) is 37.7 Å². The molecule has 0 saturated carbocycles. The highest BCUT2D eigenvalue weighted by Crippen LogP contribution is 2.32. The molecule has 0 aliphatic heterocycles. The second-order valence-corrected chi connectivity index (χ2v) is 11.3. The lowest BCUT2D eigenvalue weighted by Crippen LogP contribution is -2.30. The van der Waals surface area contributed by atoms with Crippen molar-refractivity contribution in [3.63, 3.8) is 0 Å². The van der Waals surface area contributed by atoms with Gasteiger partial charge in [0.2, 0.25) is 10.0 Å². The summed E-state index contributed by atoms with van der Waals surface area (Å²) in [5.74, 6) is -0.236. The highest BCUT2D eigenvalue weighted by Gasteiger charge is 2.23. The van der Waals surface area contributed by atoms with Gasteiger partial charge in [0.1, 0.15) is 0 Å². The summed E-state index contributed by atoms with van der Waals surface area (Å²) < 4.78 is 26.9. The van der Waals surface area contributed by atoms with Gasteiger partial charge in [-0.3, -0.25) is 9.69 Å². The maximum absolute atomic E-state index is 13.6. The molecule has 4 aromatic rings. The first kappa shape index (κ1) is 23.1. The zero-order chi connectivity index (χ0) is 23.8. The van der Waals surface area contributed by atoms with E-state index in [0.29, 0.717) is 17.2 Å². The van der Waals surface area contributed by atoms with Gasteiger partial charge in [0, 0.05) is 19.7 Å². The Morgan fingerprint density at radius 3 is 2.21 bits per heavy atom. The number of hydrogen-bond donors (Lipinski definition) is 0. The number of aromatic nitrogens is 1. The Kier molecular flexibility index (Phi) is 6.34. The molecule has 1 heterocycles. The Hall–Kier alpha value is -3.07. The Morgan fingerprint density at radius 1 is 0.939 bits per heavy atom. The van der Waals surface area contributed by atoms with Gasteiger partial charge >= 0.3 is 0 Å². The van der Waals surface area contributed by atoms with E-state index in [1.165, 1.54) is 43.1 Å². The number of rotatable bonds is 6. The van der Waals surface area contributed by atoms with E-state index in [-0.39, 0.29) is 10.8 Å². The largest absolute Gasteiger partial charge is 0.279 e. The van der Waals surface area contributed by atoms with E-state index in [9.17, 15) is 13.2 Å². The first-order valence-electron chi connectivity index (χ1n) is 10.4. The average molecular weight is 480 g/mol. The highest BCUT2D eigenvalue weighted by atomic mass is 32.2. The summed E-state index contributed by atoms with van der Waals surface area (Å²) >= 11 is 1.47. The third-order valence-electron chi connectivity index (χ3n) is 5.53. The zero-order valence-corrected chi connectivity index (χ0v) is 20.6. The van der Waals surface area contributed by atoms with Crippen LogP contribution in [0.15, 0.2) is 71.6 Å². The molecule has 0 aliphatic rings. The summed E-state index contributed by atoms with van der Waals surface area (Å²) in [6.07, 6.45) is 0. The first-order valence-corrected chi connectivity index (χ1v) is 12.7. The van der Waals surface area contributed by atoms with Gasteiger partial charge in [-0.25, -0.2) is 17.7 Å². The van der Waals surface area contributed by atoms with E-state index in [0.717, 1.165) is 25.6 Å². The summed E-state index contributed by atoms with van der Waals surface area (Å²) in [4.78, 5) is 20.1. The van der Waals surface area contributed by atoms with Crippen LogP contribution in [0.5, 0.6) is 0 Å². The van der Waals surface area contributed by atoms with Gasteiger partial charge < -0.3 is 0 Å². The first-order chi connectivity index (χ1) is 15.7. The molecule has 0 unspecified atom stereocenters. The summed E-state index contributed by atoms with van der Waals surface area (Å²) in [6.45, 7) is 4.46. The maximum atomic E-state index is 13.6. The van der Waals surface area contributed by atoms with Gasteiger partial charge in [-0.2, -0.15) is 0 Å². The molecule has 8 heteroatoms. The van der Waals surface area contributed by atoms with Crippen molar-refractivity contribution < 1.29 is 13.2 Å². The molecule has 0 spiro atoms. The fourth-order valence-corrected chi connectivity index (χ4v) is 5.36. The van der Waals surface area contributed by atoms with E-state index >= 15 is 0 Å². The third kappa shape index (κ3) is 4.68. The number of thiazole rings is 1. The summed E-state index contributed by atoms with van der Waals surface area (Å²) in [7, 11) is -0.610. The van der Waals surface area contributed by atoms with Crippen molar-refractivity contribution in [2.24, 2.45) is 0 Å². The molecule has 3 aromatic carbocycles. The van der Waals surface area contributed by atoms with Gasteiger partial charge in [0.25, 0.3) is 5.91 Å². The van der Waals surface area contributed by atoms with E-state index < -0.39 is 10.0 Å². The lowest BCUT2D eigenvalue weighted by atomic mass is 10.1. The molecular weight excluding hydrogens is 454 g/mol. The smallest absolute Gasteiger partial charge is 0.260 e. The average Bonchev–Trinajstić information content (AvgIpc) is 3.20. The topological polar surface area (TPSA) is 70.6 Å². The fraction of sp³-hybridized carbons (Fsp3) is 0.200. The van der Waals surface area contributed by atoms with Crippen molar-refractivity contribution in [2.45, 2.75) is 25.3 Å². The number of benzene rings is 3. The molecule has 0 fully saturated rings. The van der Waals surface area contributed by atoms with Crippen molar-refractivity contribution in [3.8, 4) is 0 Å². The summed E-state index contributed by atoms with van der Waals surface area (Å²) in [6, 6.07) is 19.9. The van der Waals surface area contributed by atoms with E-state index in [4.69, 9.17) is 4.98 Å². The van der Waals surface area contributed by atoms with Crippen molar-refractivity contribution in [1.29, 1.82) is 0 Å². The second kappa shape index (κ2) is 9.05. The summed E-state index contributed by atoms with van der Waals surface area (Å²) in [5, 5.41) is 0.605. The van der Waals surface area contributed by atoms with E-state index in [1.807, 2.05) is 43.3 Å². The van der Waals surface area contributed by atoms with E-state index in [1.54, 1.807) is 17.0 Å². The van der Waals surface area contributed by atoms with Crippen molar-refractivity contribution in [1.82, 2.24) is 9.29 Å². The number of nitrogens with zero attached hydrogens (tertiary/aromatic N) is 3. The Labute approximate surface area is 198 Å². The second-order valence-electron chi connectivity index (χ2n) is 8.09. The van der Waals surface area contributed by atoms with Crippen LogP contribution in [0.2, 0.25) is 0 Å². The molecule has 1 amide bonds. The quantitative estimate of drug-likeness (QED) is 0.390. The number of amides is 1. The molecule has 0 aliphatic carbocycles. The molecule has 170 valence electrons. The van der Waals surface area contributed by atoms with Gasteiger partial charge in [-0.1, -0.05) is 41.7 Å². The predicted octanol–water partition coefficient (Wildman–Crippen LogP) is 5.01. The van der Waals surface area contributed by atoms with Crippen LogP contribution >= 0.6 is 11.3 Å². The van der Waals surface area contributed by atoms with Gasteiger partial charge in [0.15, 0.2) is 5.13 Å². The molecule has 6 nitrogen and oxygen atoms in total. The molecule has 0 radical (unpaired) electrons. The minimum absolute atomic E-state index is 0.143. The fourth-order valence-electron chi connectivity index (χ4n) is 3.41. The molecule has 0 atom stereocenters. The molecular formula is C25H25N3O3S2.